The van der Waals surface area contributed by atoms with Gasteiger partial charge in [0.25, 0.3) is 0 Å². The van der Waals surface area contributed by atoms with Crippen molar-refractivity contribution in [1.82, 2.24) is 0 Å². The van der Waals surface area contributed by atoms with E-state index in [0.29, 0.717) is 5.41 Å². The Morgan fingerprint density at radius 1 is 1.88 bits per heavy atom. The molecule has 8 heavy (non-hydrogen) atoms. The van der Waals surface area contributed by atoms with E-state index >= 15 is 0 Å². The largest absolute Gasteiger partial charge is 0.498 e. The van der Waals surface area contributed by atoms with Gasteiger partial charge in [0.05, 0.1) is 12.4 Å². The highest BCUT2D eigenvalue weighted by atomic mass is 16.5. The molecule has 0 bridgehead atoms. The molecule has 0 N–H and O–H groups in total. The van der Waals surface area contributed by atoms with E-state index in [-0.39, 0.29) is 0 Å². The highest BCUT2D eigenvalue weighted by Gasteiger charge is 2.58. The Bertz CT molecular complexity index is 148. The van der Waals surface area contributed by atoms with Crippen molar-refractivity contribution in [3.8, 4) is 0 Å². The highest BCUT2D eigenvalue weighted by molar-refractivity contribution is 5.20. The minimum Gasteiger partial charge on any atom is -0.498 e. The van der Waals surface area contributed by atoms with E-state index in [9.17, 15) is 0 Å². The van der Waals surface area contributed by atoms with Crippen LogP contribution >= 0.6 is 0 Å². The van der Waals surface area contributed by atoms with Crippen LogP contribution in [0.1, 0.15) is 13.3 Å². The predicted molar refractivity (Wildman–Crippen MR) is 31.3 cm³/mol. The van der Waals surface area contributed by atoms with Gasteiger partial charge in [-0.25, -0.2) is 0 Å². The highest BCUT2D eigenvalue weighted by Crippen LogP contribution is 2.61. The molecule has 1 aliphatic heterocycles. The molecule has 0 amide bonds. The quantitative estimate of drug-likeness (QED) is 0.459. The molecule has 2 unspecified atom stereocenters. The average molecular weight is 110 g/mol. The lowest BCUT2D eigenvalue weighted by Crippen LogP contribution is -1.93. The Morgan fingerprint density at radius 3 is 2.75 bits per heavy atom. The van der Waals surface area contributed by atoms with Crippen LogP contribution in [0.5, 0.6) is 0 Å². The predicted octanol–water partition coefficient (Wildman–Crippen LogP) is 1.56. The van der Waals surface area contributed by atoms with E-state index < -0.39 is 0 Å². The number of hydrogen-bond donors (Lipinski definition) is 0. The first-order chi connectivity index (χ1) is 3.73. The molecule has 0 aromatic heterocycles. The van der Waals surface area contributed by atoms with Crippen molar-refractivity contribution in [3.05, 3.63) is 12.3 Å². The van der Waals surface area contributed by atoms with Gasteiger partial charge >= 0.3 is 0 Å². The van der Waals surface area contributed by atoms with Gasteiger partial charge < -0.3 is 4.74 Å². The van der Waals surface area contributed by atoms with Crippen LogP contribution in [0.3, 0.4) is 0 Å². The Labute approximate surface area is 49.3 Å². The summed E-state index contributed by atoms with van der Waals surface area (Å²) in [6.07, 6.45) is 1.31. The van der Waals surface area contributed by atoms with Gasteiger partial charge in [-0.3, -0.25) is 0 Å². The van der Waals surface area contributed by atoms with Crippen LogP contribution in [0, 0.1) is 11.3 Å². The topological polar surface area (TPSA) is 9.23 Å². The maximum absolute atomic E-state index is 5.22. The second-order valence-electron chi connectivity index (χ2n) is 3.05. The Balaban J connectivity index is 2.31. The summed E-state index contributed by atoms with van der Waals surface area (Å²) in [7, 11) is 0. The summed E-state index contributed by atoms with van der Waals surface area (Å²) in [5.74, 6) is 1.83. The minimum atomic E-state index is 0.403. The van der Waals surface area contributed by atoms with Gasteiger partial charge in [0, 0.05) is 11.3 Å². The van der Waals surface area contributed by atoms with Gasteiger partial charge in [-0.15, -0.1) is 0 Å². The second kappa shape index (κ2) is 0.949. The summed E-state index contributed by atoms with van der Waals surface area (Å²) in [4.78, 5) is 0. The fraction of sp³-hybridized carbons (Fsp3) is 0.714. The normalized spacial score (nSPS) is 50.6. The van der Waals surface area contributed by atoms with Crippen LogP contribution in [0.4, 0.5) is 0 Å². The van der Waals surface area contributed by atoms with Crippen molar-refractivity contribution in [2.75, 3.05) is 6.61 Å². The van der Waals surface area contributed by atoms with E-state index in [1.165, 1.54) is 6.42 Å². The van der Waals surface area contributed by atoms with Crippen LogP contribution < -0.4 is 0 Å². The smallest absolute Gasteiger partial charge is 0.0951 e. The summed E-state index contributed by atoms with van der Waals surface area (Å²) in [6.45, 7) is 6.98. The lowest BCUT2D eigenvalue weighted by atomic mass is 10.1. The molecular formula is C7H10O. The molecule has 0 radical (unpaired) electrons. The maximum Gasteiger partial charge on any atom is 0.0951 e. The summed E-state index contributed by atoms with van der Waals surface area (Å²) < 4.78 is 5.22. The molecule has 0 aromatic carbocycles. The lowest BCUT2D eigenvalue weighted by Gasteiger charge is -2.03. The SMILES string of the molecule is C=C1OCC2CC12C. The standard InChI is InChI=1S/C7H10O/c1-5-7(2)3-6(7)4-8-5/h6H,1,3-4H2,2H3. The van der Waals surface area contributed by atoms with Gasteiger partial charge in [0.1, 0.15) is 0 Å². The van der Waals surface area contributed by atoms with E-state index in [2.05, 4.69) is 13.5 Å². The molecule has 2 aliphatic rings. The molecule has 2 atom stereocenters. The van der Waals surface area contributed by atoms with Crippen LogP contribution in [0.15, 0.2) is 12.3 Å². The monoisotopic (exact) mass is 110 g/mol. The minimum absolute atomic E-state index is 0.403. The van der Waals surface area contributed by atoms with Crippen LogP contribution in [-0.2, 0) is 4.74 Å². The molecule has 1 saturated carbocycles. The zero-order chi connectivity index (χ0) is 5.78. The third-order valence-corrected chi connectivity index (χ3v) is 2.51. The number of rotatable bonds is 0. The van der Waals surface area contributed by atoms with Crippen molar-refractivity contribution in [1.29, 1.82) is 0 Å². The Hall–Kier alpha value is -0.460. The first-order valence-corrected chi connectivity index (χ1v) is 3.06. The maximum atomic E-state index is 5.22. The summed E-state index contributed by atoms with van der Waals surface area (Å²) in [6, 6.07) is 0. The van der Waals surface area contributed by atoms with Crippen molar-refractivity contribution in [2.24, 2.45) is 11.3 Å². The number of ether oxygens (including phenoxy) is 1. The number of hydrogen-bond acceptors (Lipinski definition) is 1. The molecule has 0 aromatic rings. The number of allylic oxidation sites excluding steroid dienone is 1. The molecular weight excluding hydrogens is 100 g/mol. The van der Waals surface area contributed by atoms with Crippen LogP contribution in [0.25, 0.3) is 0 Å². The van der Waals surface area contributed by atoms with E-state index in [1.54, 1.807) is 0 Å². The molecule has 1 saturated heterocycles. The number of fused-ring (bicyclic) bond motifs is 1. The zero-order valence-corrected chi connectivity index (χ0v) is 5.11. The molecule has 0 spiro atoms. The van der Waals surface area contributed by atoms with Crippen molar-refractivity contribution in [3.63, 3.8) is 0 Å². The van der Waals surface area contributed by atoms with Gasteiger partial charge in [0.2, 0.25) is 0 Å². The summed E-state index contributed by atoms with van der Waals surface area (Å²) in [5, 5.41) is 0. The molecule has 1 nitrogen and oxygen atoms in total. The van der Waals surface area contributed by atoms with Crippen LogP contribution in [0.2, 0.25) is 0 Å². The lowest BCUT2D eigenvalue weighted by molar-refractivity contribution is 0.226. The first-order valence-electron chi connectivity index (χ1n) is 3.06. The van der Waals surface area contributed by atoms with E-state index in [4.69, 9.17) is 4.74 Å². The average Bonchev–Trinajstić information content (AvgIpc) is 2.31. The molecule has 2 rings (SSSR count). The van der Waals surface area contributed by atoms with Gasteiger partial charge in [-0.2, -0.15) is 0 Å². The van der Waals surface area contributed by atoms with Crippen molar-refractivity contribution >= 4 is 0 Å². The summed E-state index contributed by atoms with van der Waals surface area (Å²) in [5.41, 5.74) is 0.403. The second-order valence-corrected chi connectivity index (χ2v) is 3.05. The third-order valence-electron chi connectivity index (χ3n) is 2.51. The van der Waals surface area contributed by atoms with Gasteiger partial charge in [-0.05, 0) is 6.42 Å². The fourth-order valence-electron chi connectivity index (χ4n) is 1.40. The fourth-order valence-corrected chi connectivity index (χ4v) is 1.40. The molecule has 44 valence electrons. The molecule has 1 heterocycles. The van der Waals surface area contributed by atoms with Gasteiger partial charge in [-0.1, -0.05) is 13.5 Å². The first kappa shape index (κ1) is 4.42. The van der Waals surface area contributed by atoms with Crippen LogP contribution in [-0.4, -0.2) is 6.61 Å². The third kappa shape index (κ3) is 0.299. The van der Waals surface area contributed by atoms with Crippen molar-refractivity contribution in [2.45, 2.75) is 13.3 Å². The van der Waals surface area contributed by atoms with E-state index in [1.807, 2.05) is 0 Å². The van der Waals surface area contributed by atoms with Crippen molar-refractivity contribution < 1.29 is 4.74 Å². The zero-order valence-electron chi connectivity index (χ0n) is 5.11. The Morgan fingerprint density at radius 2 is 2.62 bits per heavy atom. The van der Waals surface area contributed by atoms with E-state index in [0.717, 1.165) is 18.3 Å². The molecule has 1 heteroatoms. The summed E-state index contributed by atoms with van der Waals surface area (Å²) >= 11 is 0. The molecule has 2 fully saturated rings. The van der Waals surface area contributed by atoms with Gasteiger partial charge in [0.15, 0.2) is 0 Å². The Kier molecular flexibility index (Phi) is 0.525. The molecule has 1 aliphatic carbocycles.